The van der Waals surface area contributed by atoms with Crippen molar-refractivity contribution in [1.29, 1.82) is 0 Å². The lowest BCUT2D eigenvalue weighted by Gasteiger charge is -2.14. The molecule has 0 N–H and O–H groups in total. The summed E-state index contributed by atoms with van der Waals surface area (Å²) in [7, 11) is -1.84. The summed E-state index contributed by atoms with van der Waals surface area (Å²) < 4.78 is 5.23. The third-order valence-electron chi connectivity index (χ3n) is 1.14. The lowest BCUT2D eigenvalue weighted by molar-refractivity contribution is 0.205. The van der Waals surface area contributed by atoms with E-state index in [1.54, 1.807) is 0 Å². The largest absolute Gasteiger partial charge is 0.392 e. The molecule has 0 spiro atoms. The van der Waals surface area contributed by atoms with Crippen molar-refractivity contribution in [2.24, 2.45) is 5.92 Å². The molecule has 0 heterocycles. The molecule has 1 unspecified atom stereocenters. The van der Waals surface area contributed by atoms with Crippen LogP contribution in [0.5, 0.6) is 0 Å². The van der Waals surface area contributed by atoms with Gasteiger partial charge in [-0.05, 0) is 19.3 Å². The van der Waals surface area contributed by atoms with E-state index < -0.39 is 7.66 Å². The molecule has 0 amide bonds. The van der Waals surface area contributed by atoms with Gasteiger partial charge in [0.25, 0.3) is 0 Å². The van der Waals surface area contributed by atoms with Gasteiger partial charge in [0.05, 0.1) is 0 Å². The van der Waals surface area contributed by atoms with Crippen LogP contribution in [0.2, 0.25) is 0 Å². The summed E-state index contributed by atoms with van der Waals surface area (Å²) in [6.45, 7) is 6.31. The molecule has 0 aromatic heterocycles. The van der Waals surface area contributed by atoms with E-state index in [-0.39, 0.29) is 6.10 Å². The minimum atomic E-state index is -1.84. The van der Waals surface area contributed by atoms with E-state index in [0.29, 0.717) is 5.92 Å². The summed E-state index contributed by atoms with van der Waals surface area (Å²) in [5.74, 6) is 0.649. The van der Waals surface area contributed by atoms with Crippen LogP contribution >= 0.6 is 22.2 Å². The van der Waals surface area contributed by atoms with Crippen LogP contribution in [0.1, 0.15) is 27.2 Å². The Balaban J connectivity index is 3.34. The average Bonchev–Trinajstić information content (AvgIpc) is 1.58. The van der Waals surface area contributed by atoms with E-state index in [2.05, 4.69) is 13.8 Å². The summed E-state index contributed by atoms with van der Waals surface area (Å²) in [6.07, 6.45) is 1.25. The molecule has 0 saturated heterocycles. The van der Waals surface area contributed by atoms with Crippen LogP contribution in [0.3, 0.4) is 0 Å². The van der Waals surface area contributed by atoms with E-state index in [4.69, 9.17) is 26.6 Å². The Morgan fingerprint density at radius 1 is 1.30 bits per heavy atom. The van der Waals surface area contributed by atoms with Crippen molar-refractivity contribution in [3.63, 3.8) is 0 Å². The molecule has 0 aromatic rings. The molecule has 0 bridgehead atoms. The van der Waals surface area contributed by atoms with E-state index in [9.17, 15) is 0 Å². The predicted molar refractivity (Wildman–Crippen MR) is 48.9 cm³/mol. The van der Waals surface area contributed by atoms with Crippen molar-refractivity contribution < 1.29 is 4.43 Å². The first-order chi connectivity index (χ1) is 4.52. The second-order valence-corrected chi connectivity index (χ2v) is 6.68. The molecule has 0 fully saturated rings. The highest BCUT2D eigenvalue weighted by Gasteiger charge is 2.10. The van der Waals surface area contributed by atoms with Gasteiger partial charge in [-0.1, -0.05) is 13.8 Å². The second-order valence-electron chi connectivity index (χ2n) is 2.84. The van der Waals surface area contributed by atoms with E-state index in [0.717, 1.165) is 6.42 Å². The fraction of sp³-hybridized carbons (Fsp3) is 1.00. The Labute approximate surface area is 73.8 Å². The average molecular weight is 201 g/mol. The van der Waals surface area contributed by atoms with Gasteiger partial charge >= 0.3 is 7.66 Å². The van der Waals surface area contributed by atoms with E-state index >= 15 is 0 Å². The maximum absolute atomic E-state index is 5.54. The molecule has 62 valence electrons. The normalized spacial score (nSPS) is 14.7. The van der Waals surface area contributed by atoms with E-state index in [1.165, 1.54) is 0 Å². The van der Waals surface area contributed by atoms with Crippen LogP contribution in [0.4, 0.5) is 0 Å². The summed E-state index contributed by atoms with van der Waals surface area (Å²) >= 11 is 11.1. The number of hydrogen-bond acceptors (Lipinski definition) is 1. The van der Waals surface area contributed by atoms with Crippen LogP contribution in [-0.2, 0) is 4.43 Å². The molecule has 4 heteroatoms. The fourth-order valence-electron chi connectivity index (χ4n) is 0.895. The minimum absolute atomic E-state index is 0.215. The maximum atomic E-state index is 5.54. The Bertz CT molecular complexity index is 77.8. The molecule has 0 aliphatic heterocycles. The Morgan fingerprint density at radius 3 is 2.10 bits per heavy atom. The van der Waals surface area contributed by atoms with E-state index in [1.807, 2.05) is 6.92 Å². The first-order valence-corrected chi connectivity index (χ1v) is 7.42. The van der Waals surface area contributed by atoms with Gasteiger partial charge in [-0.25, -0.2) is 0 Å². The number of halogens is 2. The van der Waals surface area contributed by atoms with Gasteiger partial charge in [-0.3, -0.25) is 0 Å². The molecule has 0 aliphatic carbocycles. The van der Waals surface area contributed by atoms with Crippen LogP contribution in [0.25, 0.3) is 0 Å². The van der Waals surface area contributed by atoms with Gasteiger partial charge in [-0.15, -0.1) is 22.2 Å². The van der Waals surface area contributed by atoms with Crippen LogP contribution in [0, 0.1) is 5.92 Å². The zero-order valence-corrected chi connectivity index (χ0v) is 9.27. The summed E-state index contributed by atoms with van der Waals surface area (Å²) in [5.41, 5.74) is 0. The second kappa shape index (κ2) is 5.41. The quantitative estimate of drug-likeness (QED) is 0.502. The Hall–Kier alpha value is 0.757. The highest BCUT2D eigenvalue weighted by atomic mass is 35.7. The molecule has 0 aliphatic rings. The first kappa shape index (κ1) is 10.8. The standard InChI is InChI=1S/C6H14Cl2OSi/c1-5(2)4-6(3)9-10(7)8/h5-6,10H,4H2,1-3H3. The van der Waals surface area contributed by atoms with Crippen molar-refractivity contribution in [1.82, 2.24) is 0 Å². The number of hydrogen-bond donors (Lipinski definition) is 0. The third-order valence-corrected chi connectivity index (χ3v) is 2.43. The molecule has 10 heavy (non-hydrogen) atoms. The zero-order chi connectivity index (χ0) is 8.15. The van der Waals surface area contributed by atoms with Crippen molar-refractivity contribution in [3.05, 3.63) is 0 Å². The molecule has 0 aromatic carbocycles. The molecule has 1 atom stereocenters. The Morgan fingerprint density at radius 2 is 1.80 bits per heavy atom. The van der Waals surface area contributed by atoms with Crippen molar-refractivity contribution in [2.45, 2.75) is 33.3 Å². The topological polar surface area (TPSA) is 9.23 Å². The predicted octanol–water partition coefficient (Wildman–Crippen LogP) is 2.63. The molecular formula is C6H14Cl2OSi. The highest BCUT2D eigenvalue weighted by molar-refractivity contribution is 7.30. The summed E-state index contributed by atoms with van der Waals surface area (Å²) in [6, 6.07) is 0. The summed E-state index contributed by atoms with van der Waals surface area (Å²) in [4.78, 5) is 0. The van der Waals surface area contributed by atoms with Gasteiger partial charge in [-0.2, -0.15) is 0 Å². The van der Waals surface area contributed by atoms with Gasteiger partial charge in [0, 0.05) is 6.10 Å². The zero-order valence-electron chi connectivity index (χ0n) is 6.60. The van der Waals surface area contributed by atoms with Gasteiger partial charge in [0.15, 0.2) is 0 Å². The molecular weight excluding hydrogens is 187 g/mol. The van der Waals surface area contributed by atoms with Crippen LogP contribution < -0.4 is 0 Å². The number of rotatable bonds is 4. The molecule has 0 radical (unpaired) electrons. The smallest absolute Gasteiger partial charge is 0.373 e. The lowest BCUT2D eigenvalue weighted by atomic mass is 10.1. The highest BCUT2D eigenvalue weighted by Crippen LogP contribution is 2.10. The fourth-order valence-corrected chi connectivity index (χ4v) is 2.41. The van der Waals surface area contributed by atoms with Crippen molar-refractivity contribution >= 4 is 29.8 Å². The monoisotopic (exact) mass is 200 g/mol. The Kier molecular flexibility index (Phi) is 5.82. The molecule has 0 saturated carbocycles. The van der Waals surface area contributed by atoms with Gasteiger partial charge in [0.1, 0.15) is 0 Å². The van der Waals surface area contributed by atoms with Crippen molar-refractivity contribution in [2.75, 3.05) is 0 Å². The van der Waals surface area contributed by atoms with Gasteiger partial charge < -0.3 is 4.43 Å². The maximum Gasteiger partial charge on any atom is 0.373 e. The van der Waals surface area contributed by atoms with Crippen LogP contribution in [0.15, 0.2) is 0 Å². The SMILES string of the molecule is CC(C)CC(C)O[SiH](Cl)Cl. The lowest BCUT2D eigenvalue weighted by Crippen LogP contribution is -2.16. The van der Waals surface area contributed by atoms with Crippen molar-refractivity contribution in [3.8, 4) is 0 Å². The van der Waals surface area contributed by atoms with Gasteiger partial charge in [0.2, 0.25) is 0 Å². The third kappa shape index (κ3) is 6.87. The molecule has 1 nitrogen and oxygen atoms in total. The minimum Gasteiger partial charge on any atom is -0.392 e. The van der Waals surface area contributed by atoms with Crippen LogP contribution in [-0.4, -0.2) is 13.8 Å². The summed E-state index contributed by atoms with van der Waals surface area (Å²) in [5, 5.41) is 0. The molecule has 0 rings (SSSR count). The first-order valence-electron chi connectivity index (χ1n) is 3.46.